The fourth-order valence-corrected chi connectivity index (χ4v) is 3.67. The lowest BCUT2D eigenvalue weighted by atomic mass is 9.91. The quantitative estimate of drug-likeness (QED) is 0.731. The summed E-state index contributed by atoms with van der Waals surface area (Å²) in [5, 5.41) is 7.44. The van der Waals surface area contributed by atoms with Gasteiger partial charge in [0.1, 0.15) is 0 Å². The predicted octanol–water partition coefficient (Wildman–Crippen LogP) is 2.31. The number of nitrogens with one attached hydrogen (secondary N) is 2. The third kappa shape index (κ3) is 3.46. The molecule has 3 heteroatoms. The van der Waals surface area contributed by atoms with E-state index in [1.807, 2.05) is 0 Å². The van der Waals surface area contributed by atoms with Gasteiger partial charge in [0.25, 0.3) is 0 Å². The van der Waals surface area contributed by atoms with Gasteiger partial charge in [-0.3, -0.25) is 0 Å². The van der Waals surface area contributed by atoms with Crippen LogP contribution in [0.25, 0.3) is 0 Å². The Hall–Kier alpha value is -0.120. The Morgan fingerprint density at radius 2 is 2.28 bits per heavy atom. The van der Waals surface area contributed by atoms with E-state index in [1.165, 1.54) is 38.6 Å². The van der Waals surface area contributed by atoms with Crippen molar-refractivity contribution in [1.29, 1.82) is 0 Å². The van der Waals surface area contributed by atoms with E-state index in [-0.39, 0.29) is 0 Å². The molecule has 0 spiro atoms. The highest BCUT2D eigenvalue weighted by atomic mass is 16.5. The second-order valence-electron chi connectivity index (χ2n) is 6.06. The summed E-state index contributed by atoms with van der Waals surface area (Å²) >= 11 is 0. The topological polar surface area (TPSA) is 33.3 Å². The third-order valence-corrected chi connectivity index (χ3v) is 4.68. The van der Waals surface area contributed by atoms with Gasteiger partial charge in [-0.15, -0.1) is 0 Å². The van der Waals surface area contributed by atoms with Gasteiger partial charge in [-0.2, -0.15) is 0 Å². The van der Waals surface area contributed by atoms with Gasteiger partial charge in [0.15, 0.2) is 0 Å². The van der Waals surface area contributed by atoms with Gasteiger partial charge < -0.3 is 15.4 Å². The molecule has 0 radical (unpaired) electrons. The van der Waals surface area contributed by atoms with Gasteiger partial charge in [0.05, 0.1) is 6.10 Å². The number of ether oxygens (including phenoxy) is 1. The molecule has 3 nitrogen and oxygen atoms in total. The largest absolute Gasteiger partial charge is 0.378 e. The summed E-state index contributed by atoms with van der Waals surface area (Å²) in [5.41, 5.74) is 0.385. The summed E-state index contributed by atoms with van der Waals surface area (Å²) in [6, 6.07) is 0. The van der Waals surface area contributed by atoms with Gasteiger partial charge in [-0.1, -0.05) is 20.3 Å². The van der Waals surface area contributed by atoms with Crippen molar-refractivity contribution in [1.82, 2.24) is 10.6 Å². The number of rotatable bonds is 7. The van der Waals surface area contributed by atoms with E-state index in [2.05, 4.69) is 24.5 Å². The van der Waals surface area contributed by atoms with Crippen molar-refractivity contribution in [2.45, 2.75) is 64.0 Å². The van der Waals surface area contributed by atoms with Gasteiger partial charge in [0.2, 0.25) is 0 Å². The molecule has 2 N–H and O–H groups in total. The van der Waals surface area contributed by atoms with Gasteiger partial charge in [0, 0.05) is 25.2 Å². The van der Waals surface area contributed by atoms with E-state index in [4.69, 9.17) is 4.74 Å². The van der Waals surface area contributed by atoms with Crippen LogP contribution >= 0.6 is 0 Å². The first-order valence-corrected chi connectivity index (χ1v) is 7.87. The molecule has 2 aliphatic rings. The summed E-state index contributed by atoms with van der Waals surface area (Å²) < 4.78 is 5.75. The molecule has 0 aliphatic carbocycles. The van der Waals surface area contributed by atoms with E-state index >= 15 is 0 Å². The van der Waals surface area contributed by atoms with Crippen LogP contribution < -0.4 is 10.6 Å². The lowest BCUT2D eigenvalue weighted by Gasteiger charge is -2.30. The molecule has 2 aliphatic heterocycles. The Labute approximate surface area is 112 Å². The first-order valence-electron chi connectivity index (χ1n) is 7.87. The Morgan fingerprint density at radius 1 is 1.39 bits per heavy atom. The molecule has 3 unspecified atom stereocenters. The van der Waals surface area contributed by atoms with E-state index in [9.17, 15) is 0 Å². The lowest BCUT2D eigenvalue weighted by molar-refractivity contribution is 0.0867. The Bertz CT molecular complexity index is 239. The average Bonchev–Trinajstić information content (AvgIpc) is 2.99. The van der Waals surface area contributed by atoms with Crippen molar-refractivity contribution < 1.29 is 4.74 Å². The summed E-state index contributed by atoms with van der Waals surface area (Å²) in [4.78, 5) is 0. The van der Waals surface area contributed by atoms with Crippen molar-refractivity contribution in [3.8, 4) is 0 Å². The van der Waals surface area contributed by atoms with Gasteiger partial charge >= 0.3 is 0 Å². The van der Waals surface area contributed by atoms with E-state index < -0.39 is 0 Å². The molecule has 2 fully saturated rings. The second-order valence-corrected chi connectivity index (χ2v) is 6.06. The van der Waals surface area contributed by atoms with Gasteiger partial charge in [-0.05, 0) is 44.6 Å². The van der Waals surface area contributed by atoms with Crippen LogP contribution in [0.1, 0.15) is 52.4 Å². The molecule has 2 saturated heterocycles. The lowest BCUT2D eigenvalue weighted by Crippen LogP contribution is -2.49. The molecule has 0 aromatic rings. The van der Waals surface area contributed by atoms with Crippen LogP contribution in [-0.2, 0) is 4.74 Å². The zero-order valence-electron chi connectivity index (χ0n) is 12.1. The van der Waals surface area contributed by atoms with Crippen LogP contribution in [0.4, 0.5) is 0 Å². The van der Waals surface area contributed by atoms with Crippen molar-refractivity contribution in [2.75, 3.05) is 26.2 Å². The van der Waals surface area contributed by atoms with Crippen LogP contribution in [-0.4, -0.2) is 37.9 Å². The number of hydrogen-bond donors (Lipinski definition) is 2. The van der Waals surface area contributed by atoms with Crippen LogP contribution in [0.5, 0.6) is 0 Å². The van der Waals surface area contributed by atoms with Crippen molar-refractivity contribution in [3.63, 3.8) is 0 Å². The molecule has 106 valence electrons. The molecular weight excluding hydrogens is 224 g/mol. The molecule has 0 bridgehead atoms. The van der Waals surface area contributed by atoms with Gasteiger partial charge in [-0.25, -0.2) is 0 Å². The molecule has 0 aromatic heterocycles. The normalized spacial score (nSPS) is 36.3. The van der Waals surface area contributed by atoms with E-state index in [0.717, 1.165) is 32.0 Å². The highest BCUT2D eigenvalue weighted by Gasteiger charge is 2.33. The number of hydrogen-bond acceptors (Lipinski definition) is 3. The maximum Gasteiger partial charge on any atom is 0.0613 e. The highest BCUT2D eigenvalue weighted by Crippen LogP contribution is 2.25. The Morgan fingerprint density at radius 3 is 2.94 bits per heavy atom. The molecule has 3 atom stereocenters. The van der Waals surface area contributed by atoms with Crippen LogP contribution in [0, 0.1) is 5.92 Å². The maximum atomic E-state index is 5.75. The van der Waals surface area contributed by atoms with Crippen molar-refractivity contribution in [2.24, 2.45) is 5.92 Å². The molecule has 0 aromatic carbocycles. The monoisotopic (exact) mass is 254 g/mol. The van der Waals surface area contributed by atoms with Crippen molar-refractivity contribution >= 4 is 0 Å². The average molecular weight is 254 g/mol. The zero-order chi connectivity index (χ0) is 12.8. The first-order chi connectivity index (χ1) is 8.79. The smallest absolute Gasteiger partial charge is 0.0613 e. The van der Waals surface area contributed by atoms with E-state index in [0.29, 0.717) is 11.6 Å². The molecule has 2 rings (SSSR count). The Balaban J connectivity index is 1.73. The third-order valence-electron chi connectivity index (χ3n) is 4.68. The SMILES string of the molecule is CCCC1(CNCC2CCOC2CC)CCCN1. The standard InChI is InChI=1S/C15H30N2O/c1-3-7-15(8-5-9-17-15)12-16-11-13-6-10-18-14(13)4-2/h13-14,16-17H,3-12H2,1-2H3. The van der Waals surface area contributed by atoms with Crippen LogP contribution in [0.2, 0.25) is 0 Å². The molecule has 18 heavy (non-hydrogen) atoms. The summed E-state index contributed by atoms with van der Waals surface area (Å²) in [6.45, 7) is 8.95. The minimum atomic E-state index is 0.385. The molecule has 0 saturated carbocycles. The van der Waals surface area contributed by atoms with Crippen LogP contribution in [0.15, 0.2) is 0 Å². The van der Waals surface area contributed by atoms with E-state index in [1.54, 1.807) is 0 Å². The maximum absolute atomic E-state index is 5.75. The van der Waals surface area contributed by atoms with Crippen molar-refractivity contribution in [3.05, 3.63) is 0 Å². The fraction of sp³-hybridized carbons (Fsp3) is 1.00. The molecular formula is C15H30N2O. The predicted molar refractivity (Wildman–Crippen MR) is 75.9 cm³/mol. The Kier molecular flexibility index (Phi) is 5.46. The summed E-state index contributed by atoms with van der Waals surface area (Å²) in [7, 11) is 0. The second kappa shape index (κ2) is 6.88. The highest BCUT2D eigenvalue weighted by molar-refractivity contribution is 4.94. The molecule has 0 amide bonds. The fourth-order valence-electron chi connectivity index (χ4n) is 3.67. The minimum Gasteiger partial charge on any atom is -0.378 e. The zero-order valence-corrected chi connectivity index (χ0v) is 12.1. The first kappa shape index (κ1) is 14.3. The van der Waals surface area contributed by atoms with Crippen LogP contribution in [0.3, 0.4) is 0 Å². The summed E-state index contributed by atoms with van der Waals surface area (Å²) in [5.74, 6) is 0.732. The molecule has 2 heterocycles. The summed E-state index contributed by atoms with van der Waals surface area (Å²) in [6.07, 6.45) is 8.15. The minimum absolute atomic E-state index is 0.385.